The number of hydrogen-bond acceptors (Lipinski definition) is 4. The fourth-order valence-corrected chi connectivity index (χ4v) is 1.41. The van der Waals surface area contributed by atoms with E-state index in [9.17, 15) is 9.59 Å². The van der Waals surface area contributed by atoms with E-state index in [0.717, 1.165) is 5.57 Å². The number of nitrogens with zero attached hydrogens (tertiary/aromatic N) is 2. The molecule has 14 heavy (non-hydrogen) atoms. The first-order chi connectivity index (χ1) is 6.69. The predicted octanol–water partition coefficient (Wildman–Crippen LogP) is 1.51. The van der Waals surface area contributed by atoms with Gasteiger partial charge in [-0.25, -0.2) is 9.59 Å². The molecule has 0 N–H and O–H groups in total. The third-order valence-electron chi connectivity index (χ3n) is 2.15. The number of allylic oxidation sites excluding steroid dienone is 1. The van der Waals surface area contributed by atoms with Gasteiger partial charge in [-0.1, -0.05) is 13.0 Å². The van der Waals surface area contributed by atoms with Crippen molar-refractivity contribution >= 4 is 12.2 Å². The van der Waals surface area contributed by atoms with E-state index in [1.54, 1.807) is 6.08 Å². The molecule has 0 aromatic heterocycles. The highest BCUT2D eigenvalue weighted by Gasteiger charge is 2.18. The quantitative estimate of drug-likeness (QED) is 0.489. The van der Waals surface area contributed by atoms with Gasteiger partial charge in [-0.3, -0.25) is 0 Å². The zero-order valence-electron chi connectivity index (χ0n) is 8.02. The van der Waals surface area contributed by atoms with E-state index >= 15 is 0 Å². The lowest BCUT2D eigenvalue weighted by Crippen LogP contribution is -2.15. The fraction of sp³-hybridized carbons (Fsp3) is 0.400. The normalized spacial score (nSPS) is 25.3. The second-order valence-corrected chi connectivity index (χ2v) is 3.17. The van der Waals surface area contributed by atoms with Crippen LogP contribution in [0.3, 0.4) is 0 Å². The molecule has 0 aromatic rings. The fourth-order valence-electron chi connectivity index (χ4n) is 1.41. The standard InChI is InChI=1S/C10H10N2O2/c1-7-3-8(2)10(12-6-14)4-9(7)11-5-13/h3-4,7,9H,1-2H3. The Kier molecular flexibility index (Phi) is 3.29. The molecule has 4 nitrogen and oxygen atoms in total. The average molecular weight is 190 g/mol. The van der Waals surface area contributed by atoms with Gasteiger partial charge in [-0.15, -0.1) is 0 Å². The molecule has 72 valence electrons. The smallest absolute Gasteiger partial charge is 0.211 e. The van der Waals surface area contributed by atoms with E-state index in [0.29, 0.717) is 5.70 Å². The molecule has 0 fully saturated rings. The van der Waals surface area contributed by atoms with Crippen LogP contribution in [0.4, 0.5) is 0 Å². The largest absolute Gasteiger partial charge is 0.240 e. The molecule has 1 aliphatic carbocycles. The van der Waals surface area contributed by atoms with Crippen LogP contribution >= 0.6 is 0 Å². The number of hydrogen-bond donors (Lipinski definition) is 0. The molecule has 0 aliphatic heterocycles. The van der Waals surface area contributed by atoms with E-state index in [-0.39, 0.29) is 12.0 Å². The summed E-state index contributed by atoms with van der Waals surface area (Å²) in [5, 5.41) is 0. The van der Waals surface area contributed by atoms with Crippen molar-refractivity contribution in [3.63, 3.8) is 0 Å². The maximum atomic E-state index is 10.1. The Morgan fingerprint density at radius 3 is 2.57 bits per heavy atom. The molecule has 0 radical (unpaired) electrons. The molecule has 0 spiro atoms. The molecule has 0 heterocycles. The Morgan fingerprint density at radius 2 is 2.00 bits per heavy atom. The zero-order valence-corrected chi connectivity index (χ0v) is 8.02. The lowest BCUT2D eigenvalue weighted by Gasteiger charge is -2.18. The van der Waals surface area contributed by atoms with Crippen molar-refractivity contribution in [3.05, 3.63) is 23.4 Å². The Balaban J connectivity index is 3.05. The monoisotopic (exact) mass is 190 g/mol. The van der Waals surface area contributed by atoms with Crippen LogP contribution in [-0.2, 0) is 9.59 Å². The van der Waals surface area contributed by atoms with Crippen molar-refractivity contribution < 1.29 is 9.59 Å². The summed E-state index contributed by atoms with van der Waals surface area (Å²) in [5.74, 6) is 0.127. The molecule has 4 heteroatoms. The minimum atomic E-state index is -0.275. The van der Waals surface area contributed by atoms with E-state index in [2.05, 4.69) is 9.98 Å². The Morgan fingerprint density at radius 1 is 1.29 bits per heavy atom. The van der Waals surface area contributed by atoms with Crippen LogP contribution in [0.1, 0.15) is 13.8 Å². The zero-order chi connectivity index (χ0) is 10.6. The molecule has 2 unspecified atom stereocenters. The summed E-state index contributed by atoms with van der Waals surface area (Å²) < 4.78 is 0. The van der Waals surface area contributed by atoms with Crippen LogP contribution in [-0.4, -0.2) is 18.2 Å². The van der Waals surface area contributed by atoms with Crippen LogP contribution in [0, 0.1) is 5.92 Å². The molecule has 0 saturated heterocycles. The Hall–Kier alpha value is -1.76. The van der Waals surface area contributed by atoms with Crippen molar-refractivity contribution in [1.82, 2.24) is 0 Å². The second-order valence-electron chi connectivity index (χ2n) is 3.17. The third kappa shape index (κ3) is 2.13. The van der Waals surface area contributed by atoms with Gasteiger partial charge in [-0.2, -0.15) is 9.98 Å². The minimum absolute atomic E-state index is 0.127. The molecule has 2 atom stereocenters. The van der Waals surface area contributed by atoms with Crippen molar-refractivity contribution in [2.75, 3.05) is 0 Å². The van der Waals surface area contributed by atoms with E-state index in [1.807, 2.05) is 19.9 Å². The van der Waals surface area contributed by atoms with Crippen LogP contribution < -0.4 is 0 Å². The lowest BCUT2D eigenvalue weighted by molar-refractivity contribution is 0.549. The summed E-state index contributed by atoms with van der Waals surface area (Å²) in [4.78, 5) is 27.4. The van der Waals surface area contributed by atoms with Gasteiger partial charge in [0.1, 0.15) is 0 Å². The molecule has 0 aromatic carbocycles. The minimum Gasteiger partial charge on any atom is -0.211 e. The van der Waals surface area contributed by atoms with Crippen molar-refractivity contribution in [2.45, 2.75) is 19.9 Å². The van der Waals surface area contributed by atoms with Crippen molar-refractivity contribution in [1.29, 1.82) is 0 Å². The van der Waals surface area contributed by atoms with Gasteiger partial charge in [0.15, 0.2) is 0 Å². The van der Waals surface area contributed by atoms with Crippen molar-refractivity contribution in [2.24, 2.45) is 15.9 Å². The van der Waals surface area contributed by atoms with Crippen molar-refractivity contribution in [3.8, 4) is 0 Å². The number of carbonyl (C=O) groups excluding carboxylic acids is 2. The highest BCUT2D eigenvalue weighted by atomic mass is 16.1. The first kappa shape index (κ1) is 10.3. The van der Waals surface area contributed by atoms with E-state index in [4.69, 9.17) is 0 Å². The summed E-state index contributed by atoms with van der Waals surface area (Å²) in [7, 11) is 0. The predicted molar refractivity (Wildman–Crippen MR) is 51.0 cm³/mol. The number of isocyanates is 2. The molecular weight excluding hydrogens is 180 g/mol. The topological polar surface area (TPSA) is 58.9 Å². The maximum Gasteiger partial charge on any atom is 0.240 e. The summed E-state index contributed by atoms with van der Waals surface area (Å²) in [5.41, 5.74) is 1.43. The average Bonchev–Trinajstić information content (AvgIpc) is 2.14. The molecule has 0 bridgehead atoms. The van der Waals surface area contributed by atoms with Gasteiger partial charge >= 0.3 is 0 Å². The summed E-state index contributed by atoms with van der Waals surface area (Å²) in [6.07, 6.45) is 6.57. The van der Waals surface area contributed by atoms with Gasteiger partial charge in [0, 0.05) is 5.92 Å². The maximum absolute atomic E-state index is 10.1. The van der Waals surface area contributed by atoms with E-state index in [1.165, 1.54) is 12.2 Å². The third-order valence-corrected chi connectivity index (χ3v) is 2.15. The first-order valence-electron chi connectivity index (χ1n) is 4.24. The van der Waals surface area contributed by atoms with E-state index < -0.39 is 0 Å². The SMILES string of the molecule is CC1=CC(C)C(N=C=O)C=C1N=C=O. The van der Waals surface area contributed by atoms with Crippen LogP contribution in [0.15, 0.2) is 33.4 Å². The highest BCUT2D eigenvalue weighted by molar-refractivity contribution is 5.45. The van der Waals surface area contributed by atoms with Crippen LogP contribution in [0.5, 0.6) is 0 Å². The van der Waals surface area contributed by atoms with Gasteiger partial charge in [-0.05, 0) is 18.6 Å². The molecular formula is C10H10N2O2. The van der Waals surface area contributed by atoms with Gasteiger partial charge in [0.25, 0.3) is 0 Å². The number of aliphatic imine (C=N–C) groups is 2. The Bertz CT molecular complexity index is 383. The van der Waals surface area contributed by atoms with Gasteiger partial charge in [0.05, 0.1) is 11.7 Å². The molecule has 0 amide bonds. The van der Waals surface area contributed by atoms with Gasteiger partial charge in [0.2, 0.25) is 12.2 Å². The highest BCUT2D eigenvalue weighted by Crippen LogP contribution is 2.24. The Labute approximate surface area is 81.8 Å². The molecule has 1 aliphatic rings. The second kappa shape index (κ2) is 4.47. The molecule has 0 saturated carbocycles. The lowest BCUT2D eigenvalue weighted by atomic mass is 9.92. The van der Waals surface area contributed by atoms with Crippen LogP contribution in [0.2, 0.25) is 0 Å². The molecule has 1 rings (SSSR count). The first-order valence-corrected chi connectivity index (χ1v) is 4.24. The summed E-state index contributed by atoms with van der Waals surface area (Å²) in [6.45, 7) is 3.79. The summed E-state index contributed by atoms with van der Waals surface area (Å²) in [6, 6.07) is -0.275. The number of rotatable bonds is 2. The summed E-state index contributed by atoms with van der Waals surface area (Å²) >= 11 is 0. The van der Waals surface area contributed by atoms with Crippen LogP contribution in [0.25, 0.3) is 0 Å². The van der Waals surface area contributed by atoms with Gasteiger partial charge < -0.3 is 0 Å².